The molecular weight excluding hydrogens is 322 g/mol. The van der Waals surface area contributed by atoms with Gasteiger partial charge in [-0.3, -0.25) is 9.78 Å². The van der Waals surface area contributed by atoms with Crippen LogP contribution in [0.1, 0.15) is 34.0 Å². The van der Waals surface area contributed by atoms with Gasteiger partial charge in [-0.1, -0.05) is 6.07 Å². The van der Waals surface area contributed by atoms with Crippen LogP contribution in [-0.2, 0) is 0 Å². The number of amides is 1. The molecule has 3 aromatic heterocycles. The summed E-state index contributed by atoms with van der Waals surface area (Å²) in [6.45, 7) is 3.78. The molecule has 0 aliphatic carbocycles. The predicted molar refractivity (Wildman–Crippen MR) is 92.6 cm³/mol. The van der Waals surface area contributed by atoms with Gasteiger partial charge >= 0.3 is 0 Å². The number of thiazole rings is 1. The minimum absolute atomic E-state index is 0.0784. The number of aromatic nitrogens is 4. The summed E-state index contributed by atoms with van der Waals surface area (Å²) in [5, 5.41) is 0.648. The molecule has 122 valence electrons. The Labute approximate surface area is 144 Å². The zero-order chi connectivity index (χ0) is 17.1. The molecule has 0 aliphatic heterocycles. The van der Waals surface area contributed by atoms with Crippen molar-refractivity contribution in [2.75, 3.05) is 7.05 Å². The Hall–Kier alpha value is -2.67. The lowest BCUT2D eigenvalue weighted by Crippen LogP contribution is -2.30. The van der Waals surface area contributed by atoms with Crippen LogP contribution in [0.3, 0.4) is 0 Å². The SMILES string of the molecule is Cc1nc(-c2ncccn2)sc1C(=O)N(C)C(C)c1ccccn1. The molecule has 0 saturated heterocycles. The predicted octanol–water partition coefficient (Wildman–Crippen LogP) is 3.14. The van der Waals surface area contributed by atoms with Crippen molar-refractivity contribution >= 4 is 17.2 Å². The van der Waals surface area contributed by atoms with Crippen LogP contribution in [0.5, 0.6) is 0 Å². The third-order valence-electron chi connectivity index (χ3n) is 3.76. The summed E-state index contributed by atoms with van der Waals surface area (Å²) in [6, 6.07) is 7.31. The van der Waals surface area contributed by atoms with Crippen molar-refractivity contribution in [3.8, 4) is 10.8 Å². The number of pyridine rings is 1. The molecule has 3 heterocycles. The Kier molecular flexibility index (Phi) is 4.61. The van der Waals surface area contributed by atoms with Crippen LogP contribution in [0.15, 0.2) is 42.9 Å². The van der Waals surface area contributed by atoms with Gasteiger partial charge in [-0.05, 0) is 32.0 Å². The molecule has 0 aromatic carbocycles. The molecule has 3 aromatic rings. The highest BCUT2D eigenvalue weighted by Gasteiger charge is 2.24. The van der Waals surface area contributed by atoms with Crippen LogP contribution in [-0.4, -0.2) is 37.8 Å². The van der Waals surface area contributed by atoms with E-state index in [1.54, 1.807) is 36.6 Å². The van der Waals surface area contributed by atoms with Gasteiger partial charge in [0.2, 0.25) is 0 Å². The Balaban J connectivity index is 1.86. The van der Waals surface area contributed by atoms with Crippen molar-refractivity contribution in [2.24, 2.45) is 0 Å². The number of hydrogen-bond donors (Lipinski definition) is 0. The Morgan fingerprint density at radius 3 is 2.50 bits per heavy atom. The zero-order valence-corrected chi connectivity index (χ0v) is 14.5. The highest BCUT2D eigenvalue weighted by Crippen LogP contribution is 2.28. The molecule has 0 fully saturated rings. The van der Waals surface area contributed by atoms with E-state index in [0.717, 1.165) is 5.69 Å². The summed E-state index contributed by atoms with van der Waals surface area (Å²) >= 11 is 1.31. The first-order chi connectivity index (χ1) is 11.6. The second-order valence-corrected chi connectivity index (χ2v) is 6.35. The minimum Gasteiger partial charge on any atom is -0.333 e. The van der Waals surface area contributed by atoms with Crippen molar-refractivity contribution in [3.63, 3.8) is 0 Å². The van der Waals surface area contributed by atoms with Crippen molar-refractivity contribution in [1.29, 1.82) is 0 Å². The fourth-order valence-electron chi connectivity index (χ4n) is 2.26. The monoisotopic (exact) mass is 339 g/mol. The molecule has 0 spiro atoms. The maximum Gasteiger partial charge on any atom is 0.266 e. The lowest BCUT2D eigenvalue weighted by molar-refractivity contribution is 0.0743. The van der Waals surface area contributed by atoms with E-state index >= 15 is 0 Å². The van der Waals surface area contributed by atoms with E-state index in [1.165, 1.54) is 11.3 Å². The maximum atomic E-state index is 12.9. The molecule has 0 saturated carbocycles. The van der Waals surface area contributed by atoms with Gasteiger partial charge in [0.25, 0.3) is 5.91 Å². The average molecular weight is 339 g/mol. The van der Waals surface area contributed by atoms with Crippen LogP contribution in [0.25, 0.3) is 10.8 Å². The van der Waals surface area contributed by atoms with Crippen LogP contribution < -0.4 is 0 Å². The first-order valence-electron chi connectivity index (χ1n) is 7.51. The molecule has 1 amide bonds. The normalized spacial score (nSPS) is 12.0. The fourth-order valence-corrected chi connectivity index (χ4v) is 3.25. The molecule has 24 heavy (non-hydrogen) atoms. The largest absolute Gasteiger partial charge is 0.333 e. The fraction of sp³-hybridized carbons (Fsp3) is 0.235. The van der Waals surface area contributed by atoms with Gasteiger partial charge < -0.3 is 4.90 Å². The molecule has 0 bridgehead atoms. The molecule has 1 unspecified atom stereocenters. The Morgan fingerprint density at radius 1 is 1.12 bits per heavy atom. The van der Waals surface area contributed by atoms with Crippen molar-refractivity contribution in [2.45, 2.75) is 19.9 Å². The van der Waals surface area contributed by atoms with E-state index < -0.39 is 0 Å². The molecule has 0 aliphatic rings. The number of hydrogen-bond acceptors (Lipinski definition) is 6. The van der Waals surface area contributed by atoms with Crippen LogP contribution in [0.4, 0.5) is 0 Å². The van der Waals surface area contributed by atoms with Gasteiger partial charge in [-0.25, -0.2) is 15.0 Å². The summed E-state index contributed by atoms with van der Waals surface area (Å²) in [5.74, 6) is 0.454. The first-order valence-corrected chi connectivity index (χ1v) is 8.32. The van der Waals surface area contributed by atoms with Gasteiger partial charge in [0.15, 0.2) is 10.8 Å². The number of rotatable bonds is 4. The lowest BCUT2D eigenvalue weighted by Gasteiger charge is -2.24. The summed E-state index contributed by atoms with van der Waals surface area (Å²) in [4.78, 5) is 32.3. The second-order valence-electron chi connectivity index (χ2n) is 5.35. The highest BCUT2D eigenvalue weighted by atomic mass is 32.1. The number of nitrogens with zero attached hydrogens (tertiary/aromatic N) is 5. The molecule has 0 N–H and O–H groups in total. The van der Waals surface area contributed by atoms with Gasteiger partial charge in [0.05, 0.1) is 17.4 Å². The quantitative estimate of drug-likeness (QED) is 0.730. The summed E-state index contributed by atoms with van der Waals surface area (Å²) in [5.41, 5.74) is 1.54. The van der Waals surface area contributed by atoms with Crippen LogP contribution in [0.2, 0.25) is 0 Å². The summed E-state index contributed by atoms with van der Waals surface area (Å²) in [6.07, 6.45) is 5.05. The lowest BCUT2D eigenvalue weighted by atomic mass is 10.2. The van der Waals surface area contributed by atoms with Crippen LogP contribution >= 0.6 is 11.3 Å². The van der Waals surface area contributed by atoms with Gasteiger partial charge in [0.1, 0.15) is 4.88 Å². The third-order valence-corrected chi connectivity index (χ3v) is 4.91. The maximum absolute atomic E-state index is 12.9. The molecule has 6 nitrogen and oxygen atoms in total. The third kappa shape index (κ3) is 3.16. The van der Waals surface area contributed by atoms with E-state index in [1.807, 2.05) is 32.0 Å². The standard InChI is InChI=1S/C17H17N5OS/c1-11-14(24-16(21-11)15-19-9-6-10-20-15)17(23)22(3)12(2)13-7-4-5-8-18-13/h4-10,12H,1-3H3. The summed E-state index contributed by atoms with van der Waals surface area (Å²) in [7, 11) is 1.78. The molecule has 7 heteroatoms. The Morgan fingerprint density at radius 2 is 1.83 bits per heavy atom. The minimum atomic E-state index is -0.128. The first kappa shape index (κ1) is 16.2. The Bertz CT molecular complexity index is 835. The zero-order valence-electron chi connectivity index (χ0n) is 13.7. The van der Waals surface area contributed by atoms with Gasteiger partial charge in [-0.2, -0.15) is 0 Å². The average Bonchev–Trinajstić information content (AvgIpc) is 3.03. The second kappa shape index (κ2) is 6.84. The van der Waals surface area contributed by atoms with Gasteiger partial charge in [0, 0.05) is 25.6 Å². The topological polar surface area (TPSA) is 71.9 Å². The van der Waals surface area contributed by atoms with Crippen molar-refractivity contribution in [1.82, 2.24) is 24.8 Å². The highest BCUT2D eigenvalue weighted by molar-refractivity contribution is 7.17. The van der Waals surface area contributed by atoms with Crippen molar-refractivity contribution < 1.29 is 4.79 Å². The van der Waals surface area contributed by atoms with E-state index in [-0.39, 0.29) is 11.9 Å². The van der Waals surface area contributed by atoms with E-state index in [2.05, 4.69) is 19.9 Å². The van der Waals surface area contributed by atoms with E-state index in [0.29, 0.717) is 21.4 Å². The number of carbonyl (C=O) groups excluding carboxylic acids is 1. The molecule has 1 atom stereocenters. The molecule has 0 radical (unpaired) electrons. The van der Waals surface area contributed by atoms with Crippen LogP contribution in [0, 0.1) is 6.92 Å². The number of aryl methyl sites for hydroxylation is 1. The van der Waals surface area contributed by atoms with Gasteiger partial charge in [-0.15, -0.1) is 11.3 Å². The van der Waals surface area contributed by atoms with Crippen molar-refractivity contribution in [3.05, 3.63) is 59.1 Å². The molecule has 3 rings (SSSR count). The van der Waals surface area contributed by atoms with E-state index in [9.17, 15) is 4.79 Å². The summed E-state index contributed by atoms with van der Waals surface area (Å²) < 4.78 is 0. The molecular formula is C17H17N5OS. The number of carbonyl (C=O) groups is 1. The smallest absolute Gasteiger partial charge is 0.266 e. The van der Waals surface area contributed by atoms with E-state index in [4.69, 9.17) is 0 Å².